The zero-order valence-electron chi connectivity index (χ0n) is 13.5. The van der Waals surface area contributed by atoms with Crippen LogP contribution in [0.25, 0.3) is 0 Å². The molecule has 4 nitrogen and oxygen atoms in total. The molecule has 0 saturated heterocycles. The number of carbonyl (C=O) groups is 2. The Kier molecular flexibility index (Phi) is 9.15. The van der Waals surface area contributed by atoms with Gasteiger partial charge in [-0.25, -0.2) is 0 Å². The van der Waals surface area contributed by atoms with Crippen molar-refractivity contribution >= 4 is 11.8 Å². The van der Waals surface area contributed by atoms with Gasteiger partial charge in [-0.15, -0.1) is 0 Å². The molecule has 0 aliphatic carbocycles. The van der Waals surface area contributed by atoms with Crippen molar-refractivity contribution in [2.45, 2.75) is 58.7 Å². The first kappa shape index (κ1) is 18.4. The molecular formula is C18H26O4. The lowest BCUT2D eigenvalue weighted by atomic mass is 10.1. The number of ketones is 1. The van der Waals surface area contributed by atoms with Gasteiger partial charge >= 0.3 is 5.97 Å². The van der Waals surface area contributed by atoms with Crippen LogP contribution < -0.4 is 0 Å². The summed E-state index contributed by atoms with van der Waals surface area (Å²) in [7, 11) is 0. The summed E-state index contributed by atoms with van der Waals surface area (Å²) in [4.78, 5) is 24.1. The Labute approximate surface area is 132 Å². The molecule has 0 heterocycles. The van der Waals surface area contributed by atoms with E-state index in [9.17, 15) is 9.59 Å². The number of hydrogen-bond acceptors (Lipinski definition) is 4. The van der Waals surface area contributed by atoms with Gasteiger partial charge in [0.05, 0.1) is 0 Å². The van der Waals surface area contributed by atoms with Crippen LogP contribution in [0.1, 0.15) is 62.7 Å². The van der Waals surface area contributed by atoms with Crippen LogP contribution >= 0.6 is 0 Å². The second-order valence-corrected chi connectivity index (χ2v) is 5.17. The molecule has 0 aliphatic rings. The van der Waals surface area contributed by atoms with E-state index in [0.29, 0.717) is 18.6 Å². The van der Waals surface area contributed by atoms with Crippen molar-refractivity contribution in [1.29, 1.82) is 0 Å². The van der Waals surface area contributed by atoms with Gasteiger partial charge < -0.3 is 9.47 Å². The van der Waals surface area contributed by atoms with E-state index in [-0.39, 0.29) is 11.8 Å². The Balaban J connectivity index is 2.46. The minimum absolute atomic E-state index is 0.313. The SMILES string of the molecule is CCCCCCCC(=O)OC(OCC)C(=O)c1ccccc1. The van der Waals surface area contributed by atoms with E-state index in [1.165, 1.54) is 12.8 Å². The first-order valence-electron chi connectivity index (χ1n) is 8.09. The molecule has 0 bridgehead atoms. The molecule has 0 aromatic heterocycles. The van der Waals surface area contributed by atoms with E-state index in [0.717, 1.165) is 19.3 Å². The van der Waals surface area contributed by atoms with Gasteiger partial charge in [0.1, 0.15) is 0 Å². The summed E-state index contributed by atoms with van der Waals surface area (Å²) in [5.41, 5.74) is 0.483. The molecule has 1 unspecified atom stereocenters. The second-order valence-electron chi connectivity index (χ2n) is 5.17. The van der Waals surface area contributed by atoms with E-state index >= 15 is 0 Å². The minimum Gasteiger partial charge on any atom is -0.428 e. The lowest BCUT2D eigenvalue weighted by Gasteiger charge is -2.16. The molecule has 0 fully saturated rings. The second kappa shape index (κ2) is 11.0. The average Bonchev–Trinajstić information content (AvgIpc) is 2.54. The van der Waals surface area contributed by atoms with Crippen molar-refractivity contribution in [3.05, 3.63) is 35.9 Å². The lowest BCUT2D eigenvalue weighted by molar-refractivity contribution is -0.168. The fourth-order valence-electron chi connectivity index (χ4n) is 2.10. The molecule has 0 N–H and O–H groups in total. The highest BCUT2D eigenvalue weighted by Gasteiger charge is 2.24. The molecule has 0 amide bonds. The number of esters is 1. The van der Waals surface area contributed by atoms with Crippen molar-refractivity contribution in [1.82, 2.24) is 0 Å². The van der Waals surface area contributed by atoms with E-state index < -0.39 is 6.29 Å². The van der Waals surface area contributed by atoms with Crippen LogP contribution in [0.3, 0.4) is 0 Å². The highest BCUT2D eigenvalue weighted by Crippen LogP contribution is 2.11. The average molecular weight is 306 g/mol. The Morgan fingerprint density at radius 1 is 1.00 bits per heavy atom. The van der Waals surface area contributed by atoms with Crippen LogP contribution in [-0.4, -0.2) is 24.6 Å². The standard InChI is InChI=1S/C18H26O4/c1-3-5-6-7-11-14-16(19)22-18(21-4-2)17(20)15-12-9-8-10-13-15/h8-10,12-13,18H,3-7,11,14H2,1-2H3. The van der Waals surface area contributed by atoms with Crippen molar-refractivity contribution < 1.29 is 19.1 Å². The maximum atomic E-state index is 12.3. The van der Waals surface area contributed by atoms with Crippen LogP contribution in [0.4, 0.5) is 0 Å². The molecule has 0 aliphatic heterocycles. The number of carbonyl (C=O) groups excluding carboxylic acids is 2. The Morgan fingerprint density at radius 3 is 2.32 bits per heavy atom. The molecule has 22 heavy (non-hydrogen) atoms. The maximum Gasteiger partial charge on any atom is 0.308 e. The van der Waals surface area contributed by atoms with Crippen molar-refractivity contribution in [3.63, 3.8) is 0 Å². The number of unbranched alkanes of at least 4 members (excludes halogenated alkanes) is 4. The Bertz CT molecular complexity index is 442. The number of Topliss-reactive ketones (excluding diaryl/α,β-unsaturated/α-hetero) is 1. The quantitative estimate of drug-likeness (QED) is 0.267. The fraction of sp³-hybridized carbons (Fsp3) is 0.556. The van der Waals surface area contributed by atoms with E-state index in [2.05, 4.69) is 6.92 Å². The lowest BCUT2D eigenvalue weighted by Crippen LogP contribution is -2.30. The van der Waals surface area contributed by atoms with Crippen LogP contribution in [-0.2, 0) is 14.3 Å². The Morgan fingerprint density at radius 2 is 1.68 bits per heavy atom. The normalized spacial score (nSPS) is 11.9. The Hall–Kier alpha value is -1.68. The first-order chi connectivity index (χ1) is 10.7. The summed E-state index contributed by atoms with van der Waals surface area (Å²) in [6, 6.07) is 8.74. The minimum atomic E-state index is -1.14. The summed E-state index contributed by atoms with van der Waals surface area (Å²) in [6.45, 7) is 4.23. The van der Waals surface area contributed by atoms with Gasteiger partial charge in [0.25, 0.3) is 6.29 Å². The fourth-order valence-corrected chi connectivity index (χ4v) is 2.10. The predicted octanol–water partition coefficient (Wildman–Crippen LogP) is 4.14. The van der Waals surface area contributed by atoms with Gasteiger partial charge in [-0.05, 0) is 13.3 Å². The zero-order valence-corrected chi connectivity index (χ0v) is 13.5. The summed E-state index contributed by atoms with van der Waals surface area (Å²) in [5, 5.41) is 0. The van der Waals surface area contributed by atoms with Crippen molar-refractivity contribution in [2.75, 3.05) is 6.61 Å². The van der Waals surface area contributed by atoms with E-state index in [1.807, 2.05) is 6.07 Å². The summed E-state index contributed by atoms with van der Waals surface area (Å²) < 4.78 is 10.5. The number of rotatable bonds is 11. The molecular weight excluding hydrogens is 280 g/mol. The molecule has 1 rings (SSSR count). The topological polar surface area (TPSA) is 52.6 Å². The number of benzene rings is 1. The highest BCUT2D eigenvalue weighted by atomic mass is 16.7. The monoisotopic (exact) mass is 306 g/mol. The van der Waals surface area contributed by atoms with Crippen LogP contribution in [0.2, 0.25) is 0 Å². The van der Waals surface area contributed by atoms with Crippen LogP contribution in [0, 0.1) is 0 Å². The smallest absolute Gasteiger partial charge is 0.308 e. The molecule has 1 aromatic rings. The van der Waals surface area contributed by atoms with E-state index in [1.54, 1.807) is 31.2 Å². The van der Waals surface area contributed by atoms with Gasteiger partial charge in [0.2, 0.25) is 5.78 Å². The van der Waals surface area contributed by atoms with Gasteiger partial charge in [0.15, 0.2) is 0 Å². The van der Waals surface area contributed by atoms with Crippen LogP contribution in [0.5, 0.6) is 0 Å². The number of ether oxygens (including phenoxy) is 2. The molecule has 0 radical (unpaired) electrons. The maximum absolute atomic E-state index is 12.3. The van der Waals surface area contributed by atoms with Crippen LogP contribution in [0.15, 0.2) is 30.3 Å². The molecule has 0 spiro atoms. The molecule has 0 saturated carbocycles. The van der Waals surface area contributed by atoms with Crippen molar-refractivity contribution in [3.8, 4) is 0 Å². The number of hydrogen-bond donors (Lipinski definition) is 0. The third kappa shape index (κ3) is 6.85. The summed E-state index contributed by atoms with van der Waals surface area (Å²) in [5.74, 6) is -0.694. The first-order valence-corrected chi connectivity index (χ1v) is 8.09. The van der Waals surface area contributed by atoms with Gasteiger partial charge in [-0.2, -0.15) is 0 Å². The highest BCUT2D eigenvalue weighted by molar-refractivity contribution is 5.99. The molecule has 1 atom stereocenters. The molecule has 4 heteroatoms. The van der Waals surface area contributed by atoms with Gasteiger partial charge in [0, 0.05) is 18.6 Å². The summed E-state index contributed by atoms with van der Waals surface area (Å²) in [6.07, 6.45) is 4.46. The van der Waals surface area contributed by atoms with Gasteiger partial charge in [-0.3, -0.25) is 9.59 Å². The third-order valence-corrected chi connectivity index (χ3v) is 3.31. The predicted molar refractivity (Wildman–Crippen MR) is 85.7 cm³/mol. The van der Waals surface area contributed by atoms with Gasteiger partial charge in [-0.1, -0.05) is 62.9 Å². The zero-order chi connectivity index (χ0) is 16.2. The van der Waals surface area contributed by atoms with Crippen molar-refractivity contribution in [2.24, 2.45) is 0 Å². The summed E-state index contributed by atoms with van der Waals surface area (Å²) >= 11 is 0. The largest absolute Gasteiger partial charge is 0.428 e. The third-order valence-electron chi connectivity index (χ3n) is 3.31. The van der Waals surface area contributed by atoms with E-state index in [4.69, 9.17) is 9.47 Å². The molecule has 1 aromatic carbocycles. The molecule has 122 valence electrons.